The fourth-order valence-corrected chi connectivity index (χ4v) is 2.98. The number of halogens is 1. The third kappa shape index (κ3) is 2.85. The van der Waals surface area contributed by atoms with Gasteiger partial charge in [0.05, 0.1) is 0 Å². The van der Waals surface area contributed by atoms with Crippen molar-refractivity contribution in [1.29, 1.82) is 5.41 Å². The summed E-state index contributed by atoms with van der Waals surface area (Å²) in [6.07, 6.45) is 3.11. The Hall–Kier alpha value is -2.27. The Balaban J connectivity index is 1.78. The highest BCUT2D eigenvalue weighted by Gasteiger charge is 2.20. The zero-order chi connectivity index (χ0) is 15.5. The molecule has 0 atom stereocenters. The van der Waals surface area contributed by atoms with Crippen molar-refractivity contribution in [2.45, 2.75) is 0 Å². The van der Waals surface area contributed by atoms with Crippen molar-refractivity contribution in [2.75, 3.05) is 41.7 Å². The largest absolute Gasteiger partial charge is 0.398 e. The van der Waals surface area contributed by atoms with Crippen LogP contribution >= 0.6 is 11.6 Å². The van der Waals surface area contributed by atoms with Crippen LogP contribution in [0.4, 0.5) is 17.2 Å². The second-order valence-electron chi connectivity index (χ2n) is 5.23. The van der Waals surface area contributed by atoms with E-state index in [-0.39, 0.29) is 0 Å². The molecule has 5 nitrogen and oxygen atoms in total. The van der Waals surface area contributed by atoms with Crippen molar-refractivity contribution >= 4 is 35.0 Å². The molecule has 1 aliphatic heterocycles. The third-order valence-corrected chi connectivity index (χ3v) is 4.11. The molecular weight excluding hydrogens is 298 g/mol. The maximum Gasteiger partial charge on any atom is 0.128 e. The minimum absolute atomic E-state index is 0.546. The molecule has 22 heavy (non-hydrogen) atoms. The summed E-state index contributed by atoms with van der Waals surface area (Å²) < 4.78 is 0. The van der Waals surface area contributed by atoms with Gasteiger partial charge in [0.1, 0.15) is 5.82 Å². The van der Waals surface area contributed by atoms with Crippen LogP contribution in [-0.4, -0.2) is 37.4 Å². The van der Waals surface area contributed by atoms with Gasteiger partial charge in [-0.3, -0.25) is 0 Å². The van der Waals surface area contributed by atoms with Crippen molar-refractivity contribution in [2.24, 2.45) is 0 Å². The van der Waals surface area contributed by atoms with Gasteiger partial charge in [0.25, 0.3) is 0 Å². The van der Waals surface area contributed by atoms with Gasteiger partial charge in [-0.2, -0.15) is 0 Å². The minimum atomic E-state index is 0.546. The molecule has 0 bridgehead atoms. The van der Waals surface area contributed by atoms with Crippen LogP contribution in [-0.2, 0) is 0 Å². The van der Waals surface area contributed by atoms with Gasteiger partial charge < -0.3 is 20.9 Å². The van der Waals surface area contributed by atoms with Crippen LogP contribution in [0.5, 0.6) is 0 Å². The quantitative estimate of drug-likeness (QED) is 0.675. The summed E-state index contributed by atoms with van der Waals surface area (Å²) in [6, 6.07) is 9.52. The summed E-state index contributed by atoms with van der Waals surface area (Å²) in [4.78, 5) is 8.87. The summed E-state index contributed by atoms with van der Waals surface area (Å²) in [5, 5.41) is 8.20. The van der Waals surface area contributed by atoms with Crippen LogP contribution in [0.25, 0.3) is 0 Å². The van der Waals surface area contributed by atoms with Crippen molar-refractivity contribution < 1.29 is 0 Å². The number of anilines is 3. The van der Waals surface area contributed by atoms with Crippen LogP contribution in [0, 0.1) is 5.41 Å². The Morgan fingerprint density at radius 1 is 1.14 bits per heavy atom. The lowest BCUT2D eigenvalue weighted by Gasteiger charge is -2.37. The topological polar surface area (TPSA) is 69.2 Å². The highest BCUT2D eigenvalue weighted by molar-refractivity contribution is 6.31. The van der Waals surface area contributed by atoms with E-state index in [0.717, 1.165) is 43.2 Å². The fraction of sp³-hybridized carbons (Fsp3) is 0.250. The predicted molar refractivity (Wildman–Crippen MR) is 92.4 cm³/mol. The van der Waals surface area contributed by atoms with Gasteiger partial charge in [-0.25, -0.2) is 4.98 Å². The Morgan fingerprint density at radius 3 is 2.50 bits per heavy atom. The monoisotopic (exact) mass is 315 g/mol. The molecular formula is C16H18ClN5. The second kappa shape index (κ2) is 6.23. The van der Waals surface area contributed by atoms with Gasteiger partial charge in [0.15, 0.2) is 0 Å². The molecule has 6 heteroatoms. The lowest BCUT2D eigenvalue weighted by atomic mass is 10.1. The number of nitrogens with two attached hydrogens (primary N) is 1. The van der Waals surface area contributed by atoms with Gasteiger partial charge in [0.2, 0.25) is 0 Å². The van der Waals surface area contributed by atoms with E-state index >= 15 is 0 Å². The Labute approximate surface area is 134 Å². The van der Waals surface area contributed by atoms with E-state index in [0.29, 0.717) is 10.7 Å². The standard InChI is InChI=1S/C16H18ClN5/c17-12-9-14(19)13(11-18)15(10-12)21-5-7-22(8-6-21)16-3-1-2-4-20-16/h1-4,9-11,18H,5-8,19H2. The lowest BCUT2D eigenvalue weighted by Crippen LogP contribution is -2.47. The Morgan fingerprint density at radius 2 is 1.86 bits per heavy atom. The molecule has 0 spiro atoms. The lowest BCUT2D eigenvalue weighted by molar-refractivity contribution is 0.647. The van der Waals surface area contributed by atoms with Gasteiger partial charge in [-0.05, 0) is 24.3 Å². The van der Waals surface area contributed by atoms with Crippen LogP contribution in [0.2, 0.25) is 5.02 Å². The molecule has 1 fully saturated rings. The molecule has 1 saturated heterocycles. The molecule has 2 aromatic rings. The molecule has 0 saturated carbocycles. The molecule has 114 valence electrons. The van der Waals surface area contributed by atoms with E-state index in [1.807, 2.05) is 30.5 Å². The number of pyridine rings is 1. The average Bonchev–Trinajstić information content (AvgIpc) is 2.55. The molecule has 2 heterocycles. The molecule has 1 aromatic heterocycles. The first-order chi connectivity index (χ1) is 10.7. The van der Waals surface area contributed by atoms with Crippen molar-refractivity contribution in [3.05, 3.63) is 47.1 Å². The van der Waals surface area contributed by atoms with E-state index in [2.05, 4.69) is 14.8 Å². The summed E-state index contributed by atoms with van der Waals surface area (Å²) >= 11 is 6.12. The number of aromatic nitrogens is 1. The average molecular weight is 316 g/mol. The van der Waals surface area contributed by atoms with Gasteiger partial charge >= 0.3 is 0 Å². The fourth-order valence-electron chi connectivity index (χ4n) is 2.76. The minimum Gasteiger partial charge on any atom is -0.398 e. The number of hydrogen-bond acceptors (Lipinski definition) is 5. The number of hydrogen-bond donors (Lipinski definition) is 2. The molecule has 1 aliphatic rings. The summed E-state index contributed by atoms with van der Waals surface area (Å²) in [5.74, 6) is 1.00. The number of nitrogen functional groups attached to an aromatic ring is 1. The normalized spacial score (nSPS) is 15.0. The Bertz CT molecular complexity index is 666. The van der Waals surface area contributed by atoms with Crippen LogP contribution < -0.4 is 15.5 Å². The van der Waals surface area contributed by atoms with Crippen LogP contribution in [0.1, 0.15) is 5.56 Å². The molecule has 0 amide bonds. The zero-order valence-corrected chi connectivity index (χ0v) is 12.9. The van der Waals surface area contributed by atoms with E-state index in [9.17, 15) is 0 Å². The van der Waals surface area contributed by atoms with Gasteiger partial charge in [-0.15, -0.1) is 0 Å². The van der Waals surface area contributed by atoms with Crippen LogP contribution in [0.3, 0.4) is 0 Å². The van der Waals surface area contributed by atoms with E-state index in [4.69, 9.17) is 22.7 Å². The Kier molecular flexibility index (Phi) is 4.15. The first-order valence-corrected chi connectivity index (χ1v) is 7.57. The number of nitrogens with zero attached hydrogens (tertiary/aromatic N) is 3. The molecule has 0 radical (unpaired) electrons. The first-order valence-electron chi connectivity index (χ1n) is 7.19. The molecule has 1 aromatic carbocycles. The van der Waals surface area contributed by atoms with Crippen molar-refractivity contribution in [1.82, 2.24) is 4.98 Å². The molecule has 0 aliphatic carbocycles. The number of rotatable bonds is 3. The summed E-state index contributed by atoms with van der Waals surface area (Å²) in [6.45, 7) is 3.44. The number of nitrogens with one attached hydrogen (secondary N) is 1. The summed E-state index contributed by atoms with van der Waals surface area (Å²) in [7, 11) is 0. The number of piperazine rings is 1. The van der Waals surface area contributed by atoms with Gasteiger partial charge in [0, 0.05) is 60.6 Å². The molecule has 0 unspecified atom stereocenters. The van der Waals surface area contributed by atoms with Gasteiger partial charge in [-0.1, -0.05) is 17.7 Å². The smallest absolute Gasteiger partial charge is 0.128 e. The second-order valence-corrected chi connectivity index (χ2v) is 5.67. The van der Waals surface area contributed by atoms with Crippen molar-refractivity contribution in [3.63, 3.8) is 0 Å². The highest BCUT2D eigenvalue weighted by Crippen LogP contribution is 2.30. The van der Waals surface area contributed by atoms with E-state index in [1.54, 1.807) is 6.07 Å². The van der Waals surface area contributed by atoms with Crippen LogP contribution in [0.15, 0.2) is 36.5 Å². The molecule has 3 N–H and O–H groups in total. The highest BCUT2D eigenvalue weighted by atomic mass is 35.5. The van der Waals surface area contributed by atoms with Crippen molar-refractivity contribution in [3.8, 4) is 0 Å². The third-order valence-electron chi connectivity index (χ3n) is 3.89. The first kappa shape index (κ1) is 14.7. The zero-order valence-electron chi connectivity index (χ0n) is 12.2. The SMILES string of the molecule is N=Cc1c(N)cc(Cl)cc1N1CCN(c2ccccn2)CC1. The predicted octanol–water partition coefficient (Wildman–Crippen LogP) is 2.64. The maximum absolute atomic E-state index is 7.59. The van der Waals surface area contributed by atoms with E-state index in [1.165, 1.54) is 6.21 Å². The maximum atomic E-state index is 7.59. The summed E-state index contributed by atoms with van der Waals surface area (Å²) in [5.41, 5.74) is 8.18. The number of benzene rings is 1. The molecule has 3 rings (SSSR count). The van der Waals surface area contributed by atoms with E-state index < -0.39 is 0 Å².